The third kappa shape index (κ3) is 6.16. The number of hydrogen-bond donors (Lipinski definition) is 7. The number of hydrogen-bond acceptors (Lipinski definition) is 15. The number of cyclic esters (lactones) is 1. The van der Waals surface area contributed by atoms with Crippen LogP contribution in [0.5, 0.6) is 0 Å². The number of ether oxygens (including phenoxy) is 6. The molecule has 2 saturated heterocycles. The molecule has 7 N–H and O–H groups in total. The lowest BCUT2D eigenvalue weighted by Crippen LogP contribution is -2.64. The molecule has 0 aromatic carbocycles. The smallest absolute Gasteiger partial charge is 0.331 e. The molecule has 0 spiro atoms. The van der Waals surface area contributed by atoms with Crippen LogP contribution in [0.15, 0.2) is 11.6 Å². The zero-order valence-corrected chi connectivity index (χ0v) is 30.3. The maximum absolute atomic E-state index is 12.8. The van der Waals surface area contributed by atoms with E-state index in [1.807, 2.05) is 0 Å². The lowest BCUT2D eigenvalue weighted by Gasteiger charge is -2.63. The molecule has 15 heteroatoms. The van der Waals surface area contributed by atoms with Crippen molar-refractivity contribution in [3.05, 3.63) is 11.6 Å². The highest BCUT2D eigenvalue weighted by atomic mass is 16.8. The molecule has 19 atom stereocenters. The van der Waals surface area contributed by atoms with Gasteiger partial charge in [-0.1, -0.05) is 13.8 Å². The third-order valence-corrected chi connectivity index (χ3v) is 14.4. The summed E-state index contributed by atoms with van der Waals surface area (Å²) in [6.45, 7) is 6.84. The van der Waals surface area contributed by atoms with Gasteiger partial charge in [-0.05, 0) is 80.6 Å². The molecule has 0 aromatic rings. The normalized spacial score (nSPS) is 53.3. The first-order valence-corrected chi connectivity index (χ1v) is 18.9. The molecule has 0 aromatic heterocycles. The second-order valence-electron chi connectivity index (χ2n) is 17.1. The molecule has 6 fully saturated rings. The van der Waals surface area contributed by atoms with Crippen molar-refractivity contribution in [1.29, 1.82) is 0 Å². The van der Waals surface area contributed by atoms with E-state index in [2.05, 4.69) is 13.8 Å². The minimum absolute atomic E-state index is 0.0397. The van der Waals surface area contributed by atoms with Gasteiger partial charge in [0, 0.05) is 30.8 Å². The van der Waals surface area contributed by atoms with Gasteiger partial charge >= 0.3 is 11.9 Å². The largest absolute Gasteiger partial charge is 0.462 e. The first kappa shape index (κ1) is 38.5. The van der Waals surface area contributed by atoms with Gasteiger partial charge in [0.1, 0.15) is 55.4 Å². The molecule has 4 saturated carbocycles. The number of rotatable bonds is 7. The molecule has 9 unspecified atom stereocenters. The van der Waals surface area contributed by atoms with Crippen LogP contribution in [0.25, 0.3) is 0 Å². The Morgan fingerprint density at radius 2 is 1.65 bits per heavy atom. The molecule has 3 aliphatic heterocycles. The zero-order valence-electron chi connectivity index (χ0n) is 30.3. The third-order valence-electron chi connectivity index (χ3n) is 14.4. The second kappa shape index (κ2) is 14.1. The molecule has 3 heterocycles. The fraction of sp³-hybridized carbons (Fsp3) is 0.892. The van der Waals surface area contributed by atoms with Crippen molar-refractivity contribution >= 4 is 11.9 Å². The van der Waals surface area contributed by atoms with E-state index in [-0.39, 0.29) is 41.8 Å². The Balaban J connectivity index is 1.07. The van der Waals surface area contributed by atoms with E-state index >= 15 is 0 Å². The van der Waals surface area contributed by atoms with Gasteiger partial charge in [0.25, 0.3) is 0 Å². The summed E-state index contributed by atoms with van der Waals surface area (Å²) in [4.78, 5) is 24.4. The standard InChI is InChI=1S/C37H56O15/c1-16-27(41)30(44)32(52-33-31(45)29(43)28(42)24(14-38)51-33)34(48-16)50-20-7-9-35(3)19(12-20)5-6-22-21(35)8-10-36(4)26(18-11-25(40)47-15-18)23(49-17(2)39)13-37(22,36)46/h11,16,19-24,26-34,38,41-46H,5-10,12-15H2,1-4H3/t16-,19?,20?,21?,22?,23?,24-,26?,27+,28-,29+,30-,31-,32-,33+,34+,35?,36?,37?/m1/s1. The predicted octanol–water partition coefficient (Wildman–Crippen LogP) is -0.178. The SMILES string of the molecule is CC(=O)OC1CC2(O)C3CCC4CC(O[C@@H]5O[C@H](C)[C@H](O)[C@@H](O)[C@H]5O[C@@H]5O[C@H](CO)[C@@H](O)[C@H](O)[C@H]5O)CCC4(C)C3CCC2(C)C1C1=CC(=O)OC1. The molecule has 7 aliphatic rings. The highest BCUT2D eigenvalue weighted by Crippen LogP contribution is 2.70. The number of esters is 2. The number of aliphatic hydroxyl groups is 7. The van der Waals surface area contributed by atoms with Crippen molar-refractivity contribution in [2.75, 3.05) is 13.2 Å². The van der Waals surface area contributed by atoms with E-state index in [0.29, 0.717) is 25.7 Å². The van der Waals surface area contributed by atoms with E-state index in [9.17, 15) is 45.3 Å². The van der Waals surface area contributed by atoms with Crippen LogP contribution in [0, 0.1) is 34.5 Å². The summed E-state index contributed by atoms with van der Waals surface area (Å²) in [5.41, 5.74) is -1.08. The summed E-state index contributed by atoms with van der Waals surface area (Å²) < 4.78 is 35.1. The van der Waals surface area contributed by atoms with Gasteiger partial charge in [-0.25, -0.2) is 4.79 Å². The summed E-state index contributed by atoms with van der Waals surface area (Å²) in [5, 5.41) is 75.3. The molecule has 0 radical (unpaired) electrons. The van der Waals surface area contributed by atoms with Crippen LogP contribution in [-0.4, -0.2) is 140 Å². The van der Waals surface area contributed by atoms with Crippen molar-refractivity contribution in [3.8, 4) is 0 Å². The van der Waals surface area contributed by atoms with Crippen LogP contribution < -0.4 is 0 Å². The minimum atomic E-state index is -1.72. The topological polar surface area (TPSA) is 231 Å². The molecule has 4 aliphatic carbocycles. The Morgan fingerprint density at radius 3 is 2.33 bits per heavy atom. The van der Waals surface area contributed by atoms with Gasteiger partial charge in [0.15, 0.2) is 12.6 Å². The average molecular weight is 741 g/mol. The van der Waals surface area contributed by atoms with Gasteiger partial charge in [0.05, 0.1) is 24.4 Å². The van der Waals surface area contributed by atoms with Crippen LogP contribution in [0.4, 0.5) is 0 Å². The first-order chi connectivity index (χ1) is 24.5. The van der Waals surface area contributed by atoms with Crippen LogP contribution in [-0.2, 0) is 38.0 Å². The predicted molar refractivity (Wildman–Crippen MR) is 177 cm³/mol. The van der Waals surface area contributed by atoms with Crippen molar-refractivity contribution in [2.45, 2.75) is 158 Å². The second-order valence-corrected chi connectivity index (χ2v) is 17.1. The average Bonchev–Trinajstić information content (AvgIpc) is 3.61. The Bertz CT molecular complexity index is 1390. The van der Waals surface area contributed by atoms with Gasteiger partial charge in [0.2, 0.25) is 0 Å². The molecular formula is C37H56O15. The summed E-state index contributed by atoms with van der Waals surface area (Å²) in [6.07, 6.45) is -7.73. The molecule has 294 valence electrons. The van der Waals surface area contributed by atoms with Crippen molar-refractivity contribution in [1.82, 2.24) is 0 Å². The summed E-state index contributed by atoms with van der Waals surface area (Å²) in [5.74, 6) is -0.761. The maximum Gasteiger partial charge on any atom is 0.331 e. The van der Waals surface area contributed by atoms with E-state index in [0.717, 1.165) is 31.3 Å². The first-order valence-electron chi connectivity index (χ1n) is 18.9. The number of fused-ring (bicyclic) bond motifs is 5. The van der Waals surface area contributed by atoms with Gasteiger partial charge < -0.3 is 64.2 Å². The van der Waals surface area contributed by atoms with Crippen LogP contribution in [0.2, 0.25) is 0 Å². The molecule has 7 rings (SSSR count). The Hall–Kier alpha value is -1.76. The lowest BCUT2D eigenvalue weighted by molar-refractivity contribution is -0.370. The van der Waals surface area contributed by atoms with E-state index < -0.39 is 97.1 Å². The number of carbonyl (C=O) groups excluding carboxylic acids is 2. The Morgan fingerprint density at radius 1 is 0.904 bits per heavy atom. The van der Waals surface area contributed by atoms with Gasteiger partial charge in [-0.2, -0.15) is 0 Å². The molecular weight excluding hydrogens is 684 g/mol. The van der Waals surface area contributed by atoms with E-state index in [4.69, 9.17) is 28.4 Å². The zero-order chi connectivity index (χ0) is 37.5. The Labute approximate surface area is 303 Å². The molecule has 52 heavy (non-hydrogen) atoms. The summed E-state index contributed by atoms with van der Waals surface area (Å²) in [7, 11) is 0. The van der Waals surface area contributed by atoms with Crippen molar-refractivity contribution < 1.29 is 73.8 Å². The fourth-order valence-corrected chi connectivity index (χ4v) is 11.6. The van der Waals surface area contributed by atoms with Crippen LogP contribution in [0.1, 0.15) is 79.1 Å². The summed E-state index contributed by atoms with van der Waals surface area (Å²) >= 11 is 0. The maximum atomic E-state index is 12.8. The molecule has 0 amide bonds. The highest BCUT2D eigenvalue weighted by Gasteiger charge is 2.71. The molecule has 0 bridgehead atoms. The minimum Gasteiger partial charge on any atom is -0.462 e. The summed E-state index contributed by atoms with van der Waals surface area (Å²) in [6, 6.07) is 0. The van der Waals surface area contributed by atoms with Crippen LogP contribution >= 0.6 is 0 Å². The number of aliphatic hydroxyl groups excluding tert-OH is 6. The molecule has 15 nitrogen and oxygen atoms in total. The van der Waals surface area contributed by atoms with Crippen molar-refractivity contribution in [2.24, 2.45) is 34.5 Å². The Kier molecular flexibility index (Phi) is 10.4. The highest BCUT2D eigenvalue weighted by molar-refractivity contribution is 5.85. The monoisotopic (exact) mass is 740 g/mol. The van der Waals surface area contributed by atoms with E-state index in [1.165, 1.54) is 13.0 Å². The van der Waals surface area contributed by atoms with Crippen LogP contribution in [0.3, 0.4) is 0 Å². The van der Waals surface area contributed by atoms with Crippen molar-refractivity contribution in [3.63, 3.8) is 0 Å². The fourth-order valence-electron chi connectivity index (χ4n) is 11.6. The quantitative estimate of drug-likeness (QED) is 0.133. The van der Waals surface area contributed by atoms with Gasteiger partial charge in [-0.15, -0.1) is 0 Å². The van der Waals surface area contributed by atoms with Gasteiger partial charge in [-0.3, -0.25) is 4.79 Å². The lowest BCUT2D eigenvalue weighted by atomic mass is 9.43. The number of carbonyl (C=O) groups is 2. The van der Waals surface area contributed by atoms with E-state index in [1.54, 1.807) is 6.92 Å².